The molecule has 0 spiro atoms. The molecule has 0 unspecified atom stereocenters. The molecule has 1 heterocycles. The van der Waals surface area contributed by atoms with Crippen LogP contribution in [0.5, 0.6) is 5.75 Å². The normalized spacial score (nSPS) is 22.8. The summed E-state index contributed by atoms with van der Waals surface area (Å²) in [5.41, 5.74) is 0. The number of ether oxygens (including phenoxy) is 3. The summed E-state index contributed by atoms with van der Waals surface area (Å²) in [7, 11) is 0. The van der Waals surface area contributed by atoms with Crippen LogP contribution in [0.15, 0.2) is 54.6 Å². The summed E-state index contributed by atoms with van der Waals surface area (Å²) in [6, 6.07) is 9.33. The van der Waals surface area contributed by atoms with Crippen molar-refractivity contribution in [1.29, 1.82) is 0 Å². The second-order valence-corrected chi connectivity index (χ2v) is 7.73. The Balaban J connectivity index is 1.70. The number of benzene rings is 1. The summed E-state index contributed by atoms with van der Waals surface area (Å²) >= 11 is 0. The summed E-state index contributed by atoms with van der Waals surface area (Å²) in [6.07, 6.45) is 8.44. The largest absolute Gasteiger partial charge is 0.491 e. The van der Waals surface area contributed by atoms with Crippen molar-refractivity contribution in [3.8, 4) is 5.75 Å². The molecule has 0 bridgehead atoms. The molecule has 1 saturated heterocycles. The molecule has 1 aromatic carbocycles. The maximum Gasteiger partial charge on any atom is 0.306 e. The van der Waals surface area contributed by atoms with Crippen LogP contribution in [0.25, 0.3) is 0 Å². The van der Waals surface area contributed by atoms with E-state index in [-0.39, 0.29) is 30.7 Å². The lowest BCUT2D eigenvalue weighted by atomic mass is 9.93. The van der Waals surface area contributed by atoms with Gasteiger partial charge >= 0.3 is 5.97 Å². The lowest BCUT2D eigenvalue weighted by Crippen LogP contribution is -2.23. The summed E-state index contributed by atoms with van der Waals surface area (Å²) < 4.78 is 16.3. The number of carbonyl (C=O) groups excluding carboxylic acids is 1. The van der Waals surface area contributed by atoms with E-state index >= 15 is 0 Å². The van der Waals surface area contributed by atoms with E-state index in [0.717, 1.165) is 12.8 Å². The summed E-state index contributed by atoms with van der Waals surface area (Å²) in [5.74, 6) is 0.493. The maximum atomic E-state index is 11.5. The van der Waals surface area contributed by atoms with Gasteiger partial charge in [-0.2, -0.15) is 0 Å². The molecule has 0 amide bonds. The zero-order valence-corrected chi connectivity index (χ0v) is 17.9. The number of carbonyl (C=O) groups is 1. The van der Waals surface area contributed by atoms with Crippen molar-refractivity contribution in [2.45, 2.75) is 63.9 Å². The van der Waals surface area contributed by atoms with Gasteiger partial charge in [-0.15, -0.1) is 0 Å². The lowest BCUT2D eigenvalue weighted by molar-refractivity contribution is -0.147. The minimum absolute atomic E-state index is 0.0287. The SMILES string of the molecule is CC(C)OC(=O)CCC=CCC[C@H]1[C@@H](O)CO[C@@H]1C=C[C@H](O)COc1ccccc1. The van der Waals surface area contributed by atoms with E-state index < -0.39 is 12.2 Å². The third kappa shape index (κ3) is 9.11. The third-order valence-corrected chi connectivity index (χ3v) is 4.78. The molecule has 166 valence electrons. The van der Waals surface area contributed by atoms with Gasteiger partial charge in [-0.3, -0.25) is 4.79 Å². The highest BCUT2D eigenvalue weighted by Crippen LogP contribution is 2.27. The van der Waals surface area contributed by atoms with Crippen molar-refractivity contribution >= 4 is 5.97 Å². The van der Waals surface area contributed by atoms with Crippen molar-refractivity contribution in [1.82, 2.24) is 0 Å². The molecule has 0 aromatic heterocycles. The summed E-state index contributed by atoms with van der Waals surface area (Å²) in [5, 5.41) is 20.3. The van der Waals surface area contributed by atoms with Crippen LogP contribution in [0.2, 0.25) is 0 Å². The first-order valence-electron chi connectivity index (χ1n) is 10.6. The van der Waals surface area contributed by atoms with E-state index in [0.29, 0.717) is 25.2 Å². The molecule has 1 aromatic rings. The number of aliphatic hydroxyl groups excluding tert-OH is 2. The molecule has 6 heteroatoms. The Hall–Kier alpha value is -2.15. The van der Waals surface area contributed by atoms with Crippen LogP contribution >= 0.6 is 0 Å². The molecule has 0 aliphatic carbocycles. The fourth-order valence-corrected chi connectivity index (χ4v) is 3.27. The Morgan fingerprint density at radius 3 is 2.70 bits per heavy atom. The van der Waals surface area contributed by atoms with Crippen LogP contribution in [0.3, 0.4) is 0 Å². The maximum absolute atomic E-state index is 11.5. The van der Waals surface area contributed by atoms with Gasteiger partial charge in [0.2, 0.25) is 0 Å². The van der Waals surface area contributed by atoms with Crippen LogP contribution in [-0.4, -0.2) is 53.8 Å². The van der Waals surface area contributed by atoms with Crippen LogP contribution in [-0.2, 0) is 14.3 Å². The Labute approximate surface area is 179 Å². The van der Waals surface area contributed by atoms with Gasteiger partial charge in [0.05, 0.1) is 24.9 Å². The Morgan fingerprint density at radius 1 is 1.23 bits per heavy atom. The standard InChI is InChI=1S/C24H34O6/c1-18(2)30-24(27)13-9-4-3-8-12-21-22(26)17-29-23(21)15-14-19(25)16-28-20-10-6-5-7-11-20/h3-7,10-11,14-15,18-19,21-23,25-26H,8-9,12-13,16-17H2,1-2H3/t19-,21-,22-,23+/m0/s1. The van der Waals surface area contributed by atoms with Gasteiger partial charge in [0.1, 0.15) is 18.5 Å². The summed E-state index contributed by atoms with van der Waals surface area (Å²) in [6.45, 7) is 4.12. The van der Waals surface area contributed by atoms with Gasteiger partial charge in [-0.25, -0.2) is 0 Å². The fraction of sp³-hybridized carbons (Fsp3) is 0.542. The molecule has 4 atom stereocenters. The zero-order chi connectivity index (χ0) is 21.8. The van der Waals surface area contributed by atoms with Crippen molar-refractivity contribution in [3.05, 3.63) is 54.6 Å². The van der Waals surface area contributed by atoms with Crippen molar-refractivity contribution in [3.63, 3.8) is 0 Å². The number of aliphatic hydroxyl groups is 2. The predicted molar refractivity (Wildman–Crippen MR) is 115 cm³/mol. The number of para-hydroxylation sites is 1. The molecule has 1 aliphatic rings. The fourth-order valence-electron chi connectivity index (χ4n) is 3.27. The molecular weight excluding hydrogens is 384 g/mol. The monoisotopic (exact) mass is 418 g/mol. The Bertz CT molecular complexity index is 670. The quantitative estimate of drug-likeness (QED) is 0.400. The second-order valence-electron chi connectivity index (χ2n) is 7.73. The van der Waals surface area contributed by atoms with E-state index in [1.54, 1.807) is 6.08 Å². The number of esters is 1. The smallest absolute Gasteiger partial charge is 0.306 e. The number of allylic oxidation sites excluding steroid dienone is 2. The number of hydrogen-bond acceptors (Lipinski definition) is 6. The van der Waals surface area contributed by atoms with Crippen LogP contribution in [0.4, 0.5) is 0 Å². The van der Waals surface area contributed by atoms with E-state index in [1.165, 1.54) is 0 Å². The molecule has 2 rings (SSSR count). The topological polar surface area (TPSA) is 85.2 Å². The van der Waals surface area contributed by atoms with Crippen molar-refractivity contribution in [2.75, 3.05) is 13.2 Å². The second kappa shape index (κ2) is 13.2. The number of hydrogen-bond donors (Lipinski definition) is 2. The zero-order valence-electron chi connectivity index (χ0n) is 17.9. The predicted octanol–water partition coefficient (Wildman–Crippen LogP) is 3.43. The van der Waals surface area contributed by atoms with Gasteiger partial charge in [-0.1, -0.05) is 42.5 Å². The van der Waals surface area contributed by atoms with Gasteiger partial charge in [0.15, 0.2) is 0 Å². The average molecular weight is 419 g/mol. The molecule has 0 radical (unpaired) electrons. The highest BCUT2D eigenvalue weighted by atomic mass is 16.5. The molecule has 1 fully saturated rings. The highest BCUT2D eigenvalue weighted by Gasteiger charge is 2.33. The molecule has 1 aliphatic heterocycles. The molecule has 0 saturated carbocycles. The minimum Gasteiger partial charge on any atom is -0.491 e. The van der Waals surface area contributed by atoms with Gasteiger partial charge < -0.3 is 24.4 Å². The van der Waals surface area contributed by atoms with Gasteiger partial charge in [0.25, 0.3) is 0 Å². The summed E-state index contributed by atoms with van der Waals surface area (Å²) in [4.78, 5) is 11.5. The van der Waals surface area contributed by atoms with Gasteiger partial charge in [0, 0.05) is 12.3 Å². The molecular formula is C24H34O6. The van der Waals surface area contributed by atoms with E-state index in [1.807, 2.05) is 62.4 Å². The molecule has 2 N–H and O–H groups in total. The van der Waals surface area contributed by atoms with Crippen LogP contribution in [0, 0.1) is 5.92 Å². The van der Waals surface area contributed by atoms with Gasteiger partial charge in [-0.05, 0) is 45.2 Å². The Morgan fingerprint density at radius 2 is 1.97 bits per heavy atom. The Kier molecular flexibility index (Phi) is 10.6. The molecule has 30 heavy (non-hydrogen) atoms. The van der Waals surface area contributed by atoms with Crippen molar-refractivity contribution in [2.24, 2.45) is 5.92 Å². The average Bonchev–Trinajstić information content (AvgIpc) is 3.07. The minimum atomic E-state index is -0.752. The first-order valence-corrected chi connectivity index (χ1v) is 10.6. The van der Waals surface area contributed by atoms with Crippen LogP contribution < -0.4 is 4.74 Å². The third-order valence-electron chi connectivity index (χ3n) is 4.78. The van der Waals surface area contributed by atoms with E-state index in [2.05, 4.69) is 0 Å². The first-order chi connectivity index (χ1) is 14.5. The van der Waals surface area contributed by atoms with Crippen molar-refractivity contribution < 1.29 is 29.2 Å². The highest BCUT2D eigenvalue weighted by molar-refractivity contribution is 5.69. The lowest BCUT2D eigenvalue weighted by Gasteiger charge is -2.17. The van der Waals surface area contributed by atoms with E-state index in [4.69, 9.17) is 14.2 Å². The first kappa shape index (κ1) is 24.1. The van der Waals surface area contributed by atoms with E-state index in [9.17, 15) is 15.0 Å². The van der Waals surface area contributed by atoms with Crippen LogP contribution in [0.1, 0.15) is 39.5 Å². The molecule has 6 nitrogen and oxygen atoms in total. The number of rotatable bonds is 12.